The van der Waals surface area contributed by atoms with Gasteiger partial charge in [0.05, 0.1) is 6.04 Å². The molecule has 116 valence electrons. The molecule has 23 heavy (non-hydrogen) atoms. The van der Waals surface area contributed by atoms with Gasteiger partial charge < -0.3 is 4.90 Å². The third-order valence-corrected chi connectivity index (χ3v) is 6.53. The Morgan fingerprint density at radius 2 is 2.04 bits per heavy atom. The van der Waals surface area contributed by atoms with E-state index in [4.69, 9.17) is 0 Å². The molecule has 1 aliphatic rings. The second-order valence-electron chi connectivity index (χ2n) is 5.48. The fraction of sp³-hybridized carbons (Fsp3) is 0.167. The van der Waals surface area contributed by atoms with E-state index in [9.17, 15) is 4.79 Å². The Morgan fingerprint density at radius 1 is 1.13 bits per heavy atom. The number of benzene rings is 1. The summed E-state index contributed by atoms with van der Waals surface area (Å²) >= 11 is 6.98. The van der Waals surface area contributed by atoms with Gasteiger partial charge in [-0.2, -0.15) is 0 Å². The molecule has 1 atom stereocenters. The van der Waals surface area contributed by atoms with Crippen molar-refractivity contribution in [2.24, 2.45) is 0 Å². The van der Waals surface area contributed by atoms with Gasteiger partial charge in [0, 0.05) is 26.3 Å². The zero-order chi connectivity index (χ0) is 15.8. The third-order valence-electron chi connectivity index (χ3n) is 4.11. The lowest BCUT2D eigenvalue weighted by Gasteiger charge is -2.35. The highest BCUT2D eigenvalue weighted by atomic mass is 79.9. The van der Waals surface area contributed by atoms with Crippen LogP contribution in [-0.4, -0.2) is 17.4 Å². The molecule has 0 spiro atoms. The maximum atomic E-state index is 13.1. The van der Waals surface area contributed by atoms with Gasteiger partial charge in [0.15, 0.2) is 0 Å². The standard InChI is InChI=1S/C18H14BrNOS2/c19-13-4-1-3-12(11-13)18(21)20-8-6-15-14(7-10-23-15)17(20)16-5-2-9-22-16/h1-5,7,9-11,17H,6,8H2. The topological polar surface area (TPSA) is 20.3 Å². The molecule has 1 unspecified atom stereocenters. The van der Waals surface area contributed by atoms with E-state index >= 15 is 0 Å². The highest BCUT2D eigenvalue weighted by Gasteiger charge is 2.33. The minimum atomic E-state index is 0.0384. The van der Waals surface area contributed by atoms with Crippen molar-refractivity contribution in [3.8, 4) is 0 Å². The molecule has 2 aromatic heterocycles. The Labute approximate surface area is 151 Å². The number of amides is 1. The zero-order valence-electron chi connectivity index (χ0n) is 12.2. The van der Waals surface area contributed by atoms with E-state index < -0.39 is 0 Å². The van der Waals surface area contributed by atoms with E-state index in [1.165, 1.54) is 15.3 Å². The maximum Gasteiger partial charge on any atom is 0.254 e. The van der Waals surface area contributed by atoms with Crippen LogP contribution in [0.4, 0.5) is 0 Å². The molecule has 1 aromatic carbocycles. The molecule has 0 radical (unpaired) electrons. The SMILES string of the molecule is O=C(c1cccc(Br)c1)N1CCc2sccc2C1c1cccs1. The molecule has 0 saturated carbocycles. The summed E-state index contributed by atoms with van der Waals surface area (Å²) in [4.78, 5) is 17.8. The Kier molecular flexibility index (Phi) is 4.09. The largest absolute Gasteiger partial charge is 0.326 e. The molecule has 3 aromatic rings. The summed E-state index contributed by atoms with van der Waals surface area (Å²) in [6.07, 6.45) is 0.939. The molecular weight excluding hydrogens is 390 g/mol. The smallest absolute Gasteiger partial charge is 0.254 e. The number of hydrogen-bond acceptors (Lipinski definition) is 3. The lowest BCUT2D eigenvalue weighted by molar-refractivity contribution is 0.0698. The summed E-state index contributed by atoms with van der Waals surface area (Å²) in [7, 11) is 0. The van der Waals surface area contributed by atoms with Crippen LogP contribution in [0.15, 0.2) is 57.7 Å². The quantitative estimate of drug-likeness (QED) is 0.563. The average molecular weight is 404 g/mol. The molecule has 0 saturated heterocycles. The molecule has 3 heterocycles. The van der Waals surface area contributed by atoms with Crippen LogP contribution >= 0.6 is 38.6 Å². The molecule has 1 amide bonds. The molecule has 0 aliphatic carbocycles. The molecule has 0 N–H and O–H groups in total. The van der Waals surface area contributed by atoms with Gasteiger partial charge in [-0.1, -0.05) is 28.1 Å². The van der Waals surface area contributed by atoms with Gasteiger partial charge in [-0.3, -0.25) is 4.79 Å². The van der Waals surface area contributed by atoms with Gasteiger partial charge in [0.25, 0.3) is 5.91 Å². The fourth-order valence-electron chi connectivity index (χ4n) is 3.08. The normalized spacial score (nSPS) is 17.1. The van der Waals surface area contributed by atoms with Crippen molar-refractivity contribution >= 4 is 44.5 Å². The van der Waals surface area contributed by atoms with Gasteiger partial charge in [0.2, 0.25) is 0 Å². The van der Waals surface area contributed by atoms with E-state index in [-0.39, 0.29) is 11.9 Å². The average Bonchev–Trinajstić information content (AvgIpc) is 3.24. The third kappa shape index (κ3) is 2.77. The predicted octanol–water partition coefficient (Wildman–Crippen LogP) is 5.36. The monoisotopic (exact) mass is 403 g/mol. The van der Waals surface area contributed by atoms with Gasteiger partial charge in [-0.05, 0) is 53.1 Å². The predicted molar refractivity (Wildman–Crippen MR) is 99.4 cm³/mol. The van der Waals surface area contributed by atoms with Crippen LogP contribution in [0.3, 0.4) is 0 Å². The molecule has 5 heteroatoms. The second kappa shape index (κ2) is 6.23. The lowest BCUT2D eigenvalue weighted by atomic mass is 9.97. The maximum absolute atomic E-state index is 13.1. The first-order valence-electron chi connectivity index (χ1n) is 7.40. The fourth-order valence-corrected chi connectivity index (χ4v) is 5.23. The van der Waals surface area contributed by atoms with Crippen LogP contribution in [0.1, 0.15) is 31.7 Å². The summed E-state index contributed by atoms with van der Waals surface area (Å²) < 4.78 is 0.934. The van der Waals surface area contributed by atoms with E-state index in [0.29, 0.717) is 0 Å². The van der Waals surface area contributed by atoms with Gasteiger partial charge in [-0.25, -0.2) is 0 Å². The lowest BCUT2D eigenvalue weighted by Crippen LogP contribution is -2.39. The number of carbonyl (C=O) groups is 1. The van der Waals surface area contributed by atoms with Crippen LogP contribution in [0.5, 0.6) is 0 Å². The van der Waals surface area contributed by atoms with E-state index in [1.54, 1.807) is 22.7 Å². The van der Waals surface area contributed by atoms with E-state index in [0.717, 1.165) is 23.0 Å². The second-order valence-corrected chi connectivity index (χ2v) is 8.37. The van der Waals surface area contributed by atoms with Gasteiger partial charge in [0.1, 0.15) is 0 Å². The van der Waals surface area contributed by atoms with Gasteiger partial charge >= 0.3 is 0 Å². The number of fused-ring (bicyclic) bond motifs is 1. The first kappa shape index (κ1) is 15.1. The summed E-state index contributed by atoms with van der Waals surface area (Å²) in [6.45, 7) is 0.765. The molecular formula is C18H14BrNOS2. The number of halogens is 1. The first-order chi connectivity index (χ1) is 11.2. The van der Waals surface area contributed by atoms with Crippen molar-refractivity contribution in [2.45, 2.75) is 12.5 Å². The summed E-state index contributed by atoms with van der Waals surface area (Å²) in [5.41, 5.74) is 2.02. The number of nitrogens with zero attached hydrogens (tertiary/aromatic N) is 1. The highest BCUT2D eigenvalue weighted by molar-refractivity contribution is 9.10. The van der Waals surface area contributed by atoms with Gasteiger partial charge in [-0.15, -0.1) is 22.7 Å². The molecule has 0 bridgehead atoms. The van der Waals surface area contributed by atoms with Crippen molar-refractivity contribution in [3.63, 3.8) is 0 Å². The van der Waals surface area contributed by atoms with Crippen LogP contribution < -0.4 is 0 Å². The van der Waals surface area contributed by atoms with Crippen LogP contribution in [0, 0.1) is 0 Å². The van der Waals surface area contributed by atoms with Crippen LogP contribution in [0.2, 0.25) is 0 Å². The highest BCUT2D eigenvalue weighted by Crippen LogP contribution is 2.40. The van der Waals surface area contributed by atoms with E-state index in [1.807, 2.05) is 29.2 Å². The Bertz CT molecular complexity index is 840. The van der Waals surface area contributed by atoms with Crippen LogP contribution in [-0.2, 0) is 6.42 Å². The van der Waals surface area contributed by atoms with Crippen LogP contribution in [0.25, 0.3) is 0 Å². The van der Waals surface area contributed by atoms with E-state index in [2.05, 4.69) is 44.9 Å². The minimum absolute atomic E-state index is 0.0384. The Hall–Kier alpha value is -1.43. The summed E-state index contributed by atoms with van der Waals surface area (Å²) in [5.74, 6) is 0.0987. The number of carbonyl (C=O) groups excluding carboxylic acids is 1. The number of hydrogen-bond donors (Lipinski definition) is 0. The minimum Gasteiger partial charge on any atom is -0.326 e. The van der Waals surface area contributed by atoms with Crippen molar-refractivity contribution in [3.05, 3.63) is 78.6 Å². The summed E-state index contributed by atoms with van der Waals surface area (Å²) in [5, 5.41) is 4.22. The zero-order valence-corrected chi connectivity index (χ0v) is 15.5. The molecule has 4 rings (SSSR count). The van der Waals surface area contributed by atoms with Crippen molar-refractivity contribution in [1.82, 2.24) is 4.90 Å². The van der Waals surface area contributed by atoms with Crippen molar-refractivity contribution < 1.29 is 4.79 Å². The van der Waals surface area contributed by atoms with Crippen molar-refractivity contribution in [1.29, 1.82) is 0 Å². The molecule has 0 fully saturated rings. The first-order valence-corrected chi connectivity index (χ1v) is 9.95. The molecule has 2 nitrogen and oxygen atoms in total. The Morgan fingerprint density at radius 3 is 2.83 bits per heavy atom. The summed E-state index contributed by atoms with van der Waals surface area (Å²) in [6, 6.07) is 14.0. The number of rotatable bonds is 2. The number of thiophene rings is 2. The Balaban J connectivity index is 1.77. The van der Waals surface area contributed by atoms with Crippen molar-refractivity contribution in [2.75, 3.05) is 6.54 Å². The molecule has 1 aliphatic heterocycles.